The van der Waals surface area contributed by atoms with E-state index in [1.807, 2.05) is 42.3 Å². The molecular formula is C22H28N3O2S+. The normalized spacial score (nSPS) is 14.7. The molecule has 0 aromatic heterocycles. The van der Waals surface area contributed by atoms with Crippen LogP contribution in [0.5, 0.6) is 0 Å². The molecule has 0 bridgehead atoms. The van der Waals surface area contributed by atoms with Crippen molar-refractivity contribution in [3.05, 3.63) is 65.7 Å². The Morgan fingerprint density at radius 2 is 1.68 bits per heavy atom. The summed E-state index contributed by atoms with van der Waals surface area (Å²) < 4.78 is 0. The maximum atomic E-state index is 12.6. The van der Waals surface area contributed by atoms with Gasteiger partial charge < -0.3 is 14.7 Å². The van der Waals surface area contributed by atoms with Gasteiger partial charge in [-0.1, -0.05) is 30.3 Å². The summed E-state index contributed by atoms with van der Waals surface area (Å²) in [6.07, 6.45) is 2.06. The Morgan fingerprint density at radius 3 is 2.29 bits per heavy atom. The average molecular weight is 399 g/mol. The molecule has 6 heteroatoms. The number of nitrogens with one attached hydrogen (secondary N) is 1. The van der Waals surface area contributed by atoms with Gasteiger partial charge in [0.2, 0.25) is 0 Å². The highest BCUT2D eigenvalue weighted by Crippen LogP contribution is 2.15. The zero-order chi connectivity index (χ0) is 19.9. The van der Waals surface area contributed by atoms with E-state index in [9.17, 15) is 9.59 Å². The van der Waals surface area contributed by atoms with E-state index in [0.29, 0.717) is 26.2 Å². The topological polar surface area (TPSA) is 45.1 Å². The van der Waals surface area contributed by atoms with Crippen LogP contribution in [0.2, 0.25) is 0 Å². The number of amides is 2. The summed E-state index contributed by atoms with van der Waals surface area (Å²) in [4.78, 5) is 31.3. The summed E-state index contributed by atoms with van der Waals surface area (Å²) in [6, 6.07) is 17.7. The Morgan fingerprint density at radius 1 is 1.04 bits per heavy atom. The minimum atomic E-state index is 0.0804. The number of carbonyl (C=O) groups excluding carboxylic acids is 2. The molecule has 1 fully saturated rings. The molecule has 28 heavy (non-hydrogen) atoms. The fraction of sp³-hybridized carbons (Fsp3) is 0.364. The molecule has 2 amide bonds. The standard InChI is InChI=1S/C22H27N3O2S/c1-23(16-18-8-10-20(28-2)11-9-18)21(26)17-24-12-14-25(15-13-24)22(27)19-6-4-3-5-7-19/h3-11H,12-17H2,1-2H3/p+1. The van der Waals surface area contributed by atoms with E-state index in [2.05, 4.69) is 30.5 Å². The second kappa shape index (κ2) is 9.75. The first kappa shape index (κ1) is 20.4. The maximum absolute atomic E-state index is 12.6. The van der Waals surface area contributed by atoms with Crippen LogP contribution >= 0.6 is 11.8 Å². The number of benzene rings is 2. The van der Waals surface area contributed by atoms with E-state index in [4.69, 9.17) is 0 Å². The fourth-order valence-corrected chi connectivity index (χ4v) is 3.82. The van der Waals surface area contributed by atoms with Crippen LogP contribution in [-0.4, -0.2) is 67.6 Å². The Bertz CT molecular complexity index is 787. The predicted octanol–water partition coefficient (Wildman–Crippen LogP) is 1.41. The number of hydrogen-bond donors (Lipinski definition) is 1. The third kappa shape index (κ3) is 5.36. The molecule has 1 aliphatic heterocycles. The van der Waals surface area contributed by atoms with Crippen molar-refractivity contribution in [3.63, 3.8) is 0 Å². The average Bonchev–Trinajstić information content (AvgIpc) is 2.75. The lowest BCUT2D eigenvalue weighted by atomic mass is 10.2. The van der Waals surface area contributed by atoms with Crippen molar-refractivity contribution in [3.8, 4) is 0 Å². The summed E-state index contributed by atoms with van der Waals surface area (Å²) >= 11 is 1.71. The highest BCUT2D eigenvalue weighted by atomic mass is 32.2. The highest BCUT2D eigenvalue weighted by molar-refractivity contribution is 7.98. The van der Waals surface area contributed by atoms with Crippen LogP contribution in [0.1, 0.15) is 15.9 Å². The predicted molar refractivity (Wildman–Crippen MR) is 113 cm³/mol. The Balaban J connectivity index is 1.45. The van der Waals surface area contributed by atoms with Crippen molar-refractivity contribution in [2.45, 2.75) is 11.4 Å². The van der Waals surface area contributed by atoms with Crippen molar-refractivity contribution in [2.75, 3.05) is 46.0 Å². The minimum Gasteiger partial charge on any atom is -0.337 e. The van der Waals surface area contributed by atoms with Gasteiger partial charge in [0.15, 0.2) is 6.54 Å². The molecule has 0 aliphatic carbocycles. The van der Waals surface area contributed by atoms with Crippen molar-refractivity contribution in [2.24, 2.45) is 0 Å². The lowest BCUT2D eigenvalue weighted by Gasteiger charge is -2.32. The van der Waals surface area contributed by atoms with Crippen LogP contribution in [0, 0.1) is 0 Å². The molecule has 5 nitrogen and oxygen atoms in total. The minimum absolute atomic E-state index is 0.0804. The Kier molecular flexibility index (Phi) is 7.12. The van der Waals surface area contributed by atoms with Gasteiger partial charge in [-0.3, -0.25) is 9.59 Å². The molecule has 0 radical (unpaired) electrons. The largest absolute Gasteiger partial charge is 0.337 e. The van der Waals surface area contributed by atoms with Gasteiger partial charge in [0, 0.05) is 24.1 Å². The van der Waals surface area contributed by atoms with Crippen molar-refractivity contribution in [1.29, 1.82) is 0 Å². The van der Waals surface area contributed by atoms with E-state index in [1.54, 1.807) is 16.7 Å². The lowest BCUT2D eigenvalue weighted by molar-refractivity contribution is -0.896. The van der Waals surface area contributed by atoms with Crippen molar-refractivity contribution >= 4 is 23.6 Å². The number of thioether (sulfide) groups is 1. The Labute approximate surface area is 171 Å². The number of quaternary nitrogens is 1. The molecule has 0 saturated carbocycles. The summed E-state index contributed by atoms with van der Waals surface area (Å²) in [5, 5.41) is 0. The van der Waals surface area contributed by atoms with Gasteiger partial charge in [0.25, 0.3) is 11.8 Å². The van der Waals surface area contributed by atoms with Crippen molar-refractivity contribution < 1.29 is 14.5 Å². The number of carbonyl (C=O) groups is 2. The van der Waals surface area contributed by atoms with Gasteiger partial charge >= 0.3 is 0 Å². The van der Waals surface area contributed by atoms with Crippen molar-refractivity contribution in [1.82, 2.24) is 9.80 Å². The highest BCUT2D eigenvalue weighted by Gasteiger charge is 2.26. The smallest absolute Gasteiger partial charge is 0.277 e. The fourth-order valence-electron chi connectivity index (χ4n) is 3.41. The van der Waals surface area contributed by atoms with Crippen LogP contribution in [0.25, 0.3) is 0 Å². The molecule has 1 N–H and O–H groups in total. The Hall–Kier alpha value is -2.31. The number of piperazine rings is 1. The number of nitrogens with zero attached hydrogens (tertiary/aromatic N) is 2. The van der Waals surface area contributed by atoms with E-state index in [0.717, 1.165) is 24.2 Å². The first-order chi connectivity index (χ1) is 13.6. The third-order valence-electron chi connectivity index (χ3n) is 5.18. The summed E-state index contributed by atoms with van der Waals surface area (Å²) in [7, 11) is 1.86. The molecule has 2 aromatic carbocycles. The second-order valence-electron chi connectivity index (χ2n) is 7.18. The number of rotatable bonds is 6. The van der Waals surface area contributed by atoms with E-state index in [-0.39, 0.29) is 11.8 Å². The molecular weight excluding hydrogens is 370 g/mol. The van der Waals surface area contributed by atoms with Gasteiger partial charge in [0.1, 0.15) is 0 Å². The van der Waals surface area contributed by atoms with Crippen LogP contribution in [0.15, 0.2) is 59.5 Å². The SMILES string of the molecule is CSc1ccc(CN(C)C(=O)C[NH+]2CCN(C(=O)c3ccccc3)CC2)cc1. The second-order valence-corrected chi connectivity index (χ2v) is 8.06. The molecule has 2 aromatic rings. The molecule has 0 atom stereocenters. The molecule has 0 spiro atoms. The van der Waals surface area contributed by atoms with Gasteiger partial charge in [-0.15, -0.1) is 11.8 Å². The number of hydrogen-bond acceptors (Lipinski definition) is 3. The monoisotopic (exact) mass is 398 g/mol. The van der Waals surface area contributed by atoms with Crippen LogP contribution in [0.4, 0.5) is 0 Å². The summed E-state index contributed by atoms with van der Waals surface area (Å²) in [5.74, 6) is 0.226. The molecule has 1 heterocycles. The summed E-state index contributed by atoms with van der Waals surface area (Å²) in [5.41, 5.74) is 1.87. The first-order valence-corrected chi connectivity index (χ1v) is 10.8. The molecule has 148 valence electrons. The van der Waals surface area contributed by atoms with Crippen LogP contribution < -0.4 is 4.90 Å². The van der Waals surface area contributed by atoms with Gasteiger partial charge in [-0.25, -0.2) is 0 Å². The van der Waals surface area contributed by atoms with E-state index < -0.39 is 0 Å². The third-order valence-corrected chi connectivity index (χ3v) is 5.93. The van der Waals surface area contributed by atoms with E-state index >= 15 is 0 Å². The maximum Gasteiger partial charge on any atom is 0.277 e. The van der Waals surface area contributed by atoms with Gasteiger partial charge in [-0.05, 0) is 36.1 Å². The molecule has 0 unspecified atom stereocenters. The zero-order valence-corrected chi connectivity index (χ0v) is 17.4. The van der Waals surface area contributed by atoms with Crippen LogP contribution in [-0.2, 0) is 11.3 Å². The molecule has 1 aliphatic rings. The first-order valence-electron chi connectivity index (χ1n) is 9.61. The summed E-state index contributed by atoms with van der Waals surface area (Å²) in [6.45, 7) is 4.10. The number of likely N-dealkylation sites (N-methyl/N-ethyl adjacent to an activating group) is 1. The van der Waals surface area contributed by atoms with Crippen LogP contribution in [0.3, 0.4) is 0 Å². The van der Waals surface area contributed by atoms with Gasteiger partial charge in [-0.2, -0.15) is 0 Å². The molecule has 1 saturated heterocycles. The molecule has 3 rings (SSSR count). The van der Waals surface area contributed by atoms with E-state index in [1.165, 1.54) is 9.80 Å². The quantitative estimate of drug-likeness (QED) is 0.749. The van der Waals surface area contributed by atoms with Gasteiger partial charge in [0.05, 0.1) is 26.2 Å². The lowest BCUT2D eigenvalue weighted by Crippen LogP contribution is -3.15. The zero-order valence-electron chi connectivity index (χ0n) is 16.6.